The molecular formula is C36H34BNO2. The summed E-state index contributed by atoms with van der Waals surface area (Å²) in [7, 11) is -0.394. The van der Waals surface area contributed by atoms with Gasteiger partial charge in [-0.3, -0.25) is 0 Å². The fourth-order valence-electron chi connectivity index (χ4n) is 5.15. The second kappa shape index (κ2) is 10.5. The lowest BCUT2D eigenvalue weighted by Crippen LogP contribution is -2.41. The zero-order chi connectivity index (χ0) is 27.7. The van der Waals surface area contributed by atoms with Gasteiger partial charge in [-0.05, 0) is 80.2 Å². The van der Waals surface area contributed by atoms with Gasteiger partial charge in [0.1, 0.15) is 0 Å². The van der Waals surface area contributed by atoms with Crippen LogP contribution < -0.4 is 10.4 Å². The summed E-state index contributed by atoms with van der Waals surface area (Å²) in [5.41, 5.74) is 8.27. The van der Waals surface area contributed by atoms with Crippen molar-refractivity contribution < 1.29 is 9.31 Å². The summed E-state index contributed by atoms with van der Waals surface area (Å²) in [6.07, 6.45) is 0. The molecule has 1 fully saturated rings. The van der Waals surface area contributed by atoms with Crippen LogP contribution in [0, 0.1) is 0 Å². The van der Waals surface area contributed by atoms with Crippen LogP contribution >= 0.6 is 0 Å². The molecule has 5 aromatic rings. The van der Waals surface area contributed by atoms with Crippen LogP contribution in [-0.2, 0) is 9.31 Å². The number of hydrogen-bond acceptors (Lipinski definition) is 3. The average molecular weight is 523 g/mol. The molecule has 4 heteroatoms. The molecule has 40 heavy (non-hydrogen) atoms. The number of nitrogens with zero attached hydrogens (tertiary/aromatic N) is 1. The van der Waals surface area contributed by atoms with Gasteiger partial charge in [0, 0.05) is 16.9 Å². The summed E-state index contributed by atoms with van der Waals surface area (Å²) >= 11 is 0. The molecule has 0 unspecified atom stereocenters. The van der Waals surface area contributed by atoms with Gasteiger partial charge in [-0.25, -0.2) is 0 Å². The molecule has 3 nitrogen and oxygen atoms in total. The van der Waals surface area contributed by atoms with Crippen LogP contribution in [0.4, 0.5) is 17.1 Å². The van der Waals surface area contributed by atoms with Gasteiger partial charge in [-0.15, -0.1) is 0 Å². The summed E-state index contributed by atoms with van der Waals surface area (Å²) in [4.78, 5) is 2.32. The molecule has 0 atom stereocenters. The van der Waals surface area contributed by atoms with Crippen LogP contribution in [0.2, 0.25) is 0 Å². The Hall–Kier alpha value is -4.12. The highest BCUT2D eigenvalue weighted by Gasteiger charge is 2.51. The van der Waals surface area contributed by atoms with Crippen LogP contribution in [-0.4, -0.2) is 18.3 Å². The lowest BCUT2D eigenvalue weighted by molar-refractivity contribution is 0.00578. The maximum Gasteiger partial charge on any atom is 0.494 e. The van der Waals surface area contributed by atoms with Gasteiger partial charge in [0.05, 0.1) is 16.9 Å². The maximum absolute atomic E-state index is 6.32. The van der Waals surface area contributed by atoms with E-state index in [1.165, 1.54) is 22.3 Å². The van der Waals surface area contributed by atoms with Gasteiger partial charge in [-0.2, -0.15) is 0 Å². The minimum atomic E-state index is -0.394. The lowest BCUT2D eigenvalue weighted by Gasteiger charge is -2.32. The minimum Gasteiger partial charge on any atom is -0.399 e. The van der Waals surface area contributed by atoms with E-state index in [9.17, 15) is 0 Å². The molecule has 1 aliphatic heterocycles. The van der Waals surface area contributed by atoms with Gasteiger partial charge in [0.25, 0.3) is 0 Å². The Morgan fingerprint density at radius 3 is 1.50 bits per heavy atom. The van der Waals surface area contributed by atoms with Crippen LogP contribution in [0.5, 0.6) is 0 Å². The van der Waals surface area contributed by atoms with Gasteiger partial charge in [0.2, 0.25) is 0 Å². The molecule has 0 spiro atoms. The third-order valence-electron chi connectivity index (χ3n) is 8.14. The topological polar surface area (TPSA) is 21.7 Å². The standard InChI is InChI=1S/C36H34BNO2/c1-35(2)36(3,4)40-37(39-35)30-21-25-32(26-22-30)38(31-23-19-28(20-24-31)27-13-7-5-8-14-27)34-18-12-11-17-33(34)29-15-9-6-10-16-29/h5-26H,1-4H3. The highest BCUT2D eigenvalue weighted by molar-refractivity contribution is 6.62. The number of para-hydroxylation sites is 1. The molecule has 0 aliphatic carbocycles. The largest absolute Gasteiger partial charge is 0.494 e. The molecule has 0 bridgehead atoms. The highest BCUT2D eigenvalue weighted by atomic mass is 16.7. The highest BCUT2D eigenvalue weighted by Crippen LogP contribution is 2.41. The maximum atomic E-state index is 6.32. The van der Waals surface area contributed by atoms with Gasteiger partial charge >= 0.3 is 7.12 Å². The Kier molecular flexibility index (Phi) is 6.83. The first kappa shape index (κ1) is 26.1. The second-order valence-electron chi connectivity index (χ2n) is 11.3. The van der Waals surface area contributed by atoms with Crippen molar-refractivity contribution in [2.24, 2.45) is 0 Å². The molecule has 6 rings (SSSR count). The predicted molar refractivity (Wildman–Crippen MR) is 168 cm³/mol. The Morgan fingerprint density at radius 2 is 0.925 bits per heavy atom. The summed E-state index contributed by atoms with van der Waals surface area (Å²) in [6, 6.07) is 47.0. The quantitative estimate of drug-likeness (QED) is 0.208. The van der Waals surface area contributed by atoms with E-state index in [2.05, 4.69) is 160 Å². The minimum absolute atomic E-state index is 0.377. The molecule has 198 valence electrons. The van der Waals surface area contributed by atoms with Crippen LogP contribution in [0.1, 0.15) is 27.7 Å². The number of hydrogen-bond donors (Lipinski definition) is 0. The van der Waals surface area contributed by atoms with E-state index < -0.39 is 7.12 Å². The summed E-state index contributed by atoms with van der Waals surface area (Å²) in [5, 5.41) is 0. The average Bonchev–Trinajstić information content (AvgIpc) is 3.21. The van der Waals surface area contributed by atoms with Crippen molar-refractivity contribution in [2.75, 3.05) is 4.90 Å². The van der Waals surface area contributed by atoms with Crippen LogP contribution in [0.3, 0.4) is 0 Å². The van der Waals surface area contributed by atoms with Crippen molar-refractivity contribution in [3.05, 3.63) is 133 Å². The molecule has 1 saturated heterocycles. The fraction of sp³-hybridized carbons (Fsp3) is 0.167. The zero-order valence-corrected chi connectivity index (χ0v) is 23.5. The first-order chi connectivity index (χ1) is 19.3. The molecule has 0 radical (unpaired) electrons. The molecule has 0 aromatic heterocycles. The van der Waals surface area contributed by atoms with E-state index in [4.69, 9.17) is 9.31 Å². The molecular weight excluding hydrogens is 489 g/mol. The monoisotopic (exact) mass is 523 g/mol. The van der Waals surface area contributed by atoms with Gasteiger partial charge in [-0.1, -0.05) is 103 Å². The van der Waals surface area contributed by atoms with E-state index >= 15 is 0 Å². The second-order valence-corrected chi connectivity index (χ2v) is 11.3. The van der Waals surface area contributed by atoms with Crippen molar-refractivity contribution in [3.8, 4) is 22.3 Å². The molecule has 0 N–H and O–H groups in total. The van der Waals surface area contributed by atoms with E-state index in [1.807, 2.05) is 6.07 Å². The summed E-state index contributed by atoms with van der Waals surface area (Å²) in [6.45, 7) is 8.34. The number of rotatable bonds is 6. The van der Waals surface area contributed by atoms with E-state index in [1.54, 1.807) is 0 Å². The summed E-state index contributed by atoms with van der Waals surface area (Å²) in [5.74, 6) is 0. The summed E-state index contributed by atoms with van der Waals surface area (Å²) < 4.78 is 12.6. The van der Waals surface area contributed by atoms with Crippen LogP contribution in [0.15, 0.2) is 133 Å². The van der Waals surface area contributed by atoms with E-state index in [0.29, 0.717) is 0 Å². The smallest absolute Gasteiger partial charge is 0.399 e. The third kappa shape index (κ3) is 4.97. The first-order valence-corrected chi connectivity index (χ1v) is 13.9. The van der Waals surface area contributed by atoms with E-state index in [0.717, 1.165) is 22.5 Å². The molecule has 1 aliphatic rings. The van der Waals surface area contributed by atoms with Crippen LogP contribution in [0.25, 0.3) is 22.3 Å². The molecule has 0 saturated carbocycles. The first-order valence-electron chi connectivity index (χ1n) is 13.9. The van der Waals surface area contributed by atoms with Crippen molar-refractivity contribution in [3.63, 3.8) is 0 Å². The Bertz CT molecular complexity index is 1560. The van der Waals surface area contributed by atoms with E-state index in [-0.39, 0.29) is 11.2 Å². The predicted octanol–water partition coefficient (Wildman–Crippen LogP) is 8.79. The lowest BCUT2D eigenvalue weighted by atomic mass is 9.79. The fourth-order valence-corrected chi connectivity index (χ4v) is 5.15. The number of anilines is 3. The SMILES string of the molecule is CC1(C)OB(c2ccc(N(c3ccc(-c4ccccc4)cc3)c3ccccc3-c3ccccc3)cc2)OC1(C)C. The van der Waals surface area contributed by atoms with Gasteiger partial charge < -0.3 is 14.2 Å². The molecule has 1 heterocycles. The Balaban J connectivity index is 1.42. The third-order valence-corrected chi connectivity index (χ3v) is 8.14. The van der Waals surface area contributed by atoms with Crippen molar-refractivity contribution in [2.45, 2.75) is 38.9 Å². The van der Waals surface area contributed by atoms with Crippen molar-refractivity contribution in [1.82, 2.24) is 0 Å². The van der Waals surface area contributed by atoms with Crippen molar-refractivity contribution in [1.29, 1.82) is 0 Å². The molecule has 5 aromatic carbocycles. The normalized spacial score (nSPS) is 15.7. The zero-order valence-electron chi connectivity index (χ0n) is 23.5. The van der Waals surface area contributed by atoms with Crippen molar-refractivity contribution >= 4 is 29.6 Å². The molecule has 0 amide bonds. The van der Waals surface area contributed by atoms with Gasteiger partial charge in [0.15, 0.2) is 0 Å². The Morgan fingerprint density at radius 1 is 0.475 bits per heavy atom. The Labute approximate surface area is 238 Å². The number of benzene rings is 5.